The maximum Gasteiger partial charge on any atom is 1.00 e. The molecule has 0 aromatic rings. The van der Waals surface area contributed by atoms with Crippen LogP contribution in [0.5, 0.6) is 0 Å². The molecule has 0 fully saturated rings. The van der Waals surface area contributed by atoms with Gasteiger partial charge in [0, 0.05) is 0 Å². The van der Waals surface area contributed by atoms with Crippen molar-refractivity contribution in [2.75, 3.05) is 19.8 Å². The van der Waals surface area contributed by atoms with Crippen molar-refractivity contribution in [2.45, 2.75) is 39.1 Å². The third-order valence-corrected chi connectivity index (χ3v) is 0.793. The van der Waals surface area contributed by atoms with E-state index in [1.54, 1.807) is 0 Å². The van der Waals surface area contributed by atoms with E-state index in [4.69, 9.17) is 49.9 Å². The van der Waals surface area contributed by atoms with Gasteiger partial charge in [0.05, 0.1) is 38.1 Å². The van der Waals surface area contributed by atoms with E-state index in [2.05, 4.69) is 0 Å². The molecular weight excluding hydrogens is 416 g/mol. The summed E-state index contributed by atoms with van der Waals surface area (Å²) < 4.78 is 8.55. The molecule has 0 saturated carbocycles. The minimum absolute atomic E-state index is 0. The van der Waals surface area contributed by atoms with Gasteiger partial charge in [0.1, 0.15) is 0 Å². The molecule has 23 heavy (non-hydrogen) atoms. The maximum absolute atomic E-state index is 8.55. The van der Waals surface area contributed by atoms with Crippen molar-refractivity contribution in [1.29, 1.82) is 0 Å². The normalized spacial score (nSPS) is 12.3. The van der Waals surface area contributed by atoms with Crippen LogP contribution in [0.1, 0.15) is 20.8 Å². The van der Waals surface area contributed by atoms with Gasteiger partial charge in [-0.2, -0.15) is 7.82 Å². The van der Waals surface area contributed by atoms with Crippen LogP contribution in [0.25, 0.3) is 0 Å². The summed E-state index contributed by atoms with van der Waals surface area (Å²) in [4.78, 5) is 25.6. The second-order valence-electron chi connectivity index (χ2n) is 3.54. The molecule has 0 aromatic heterocycles. The number of hydrogen-bond acceptors (Lipinski definition) is 10. The van der Waals surface area contributed by atoms with Gasteiger partial charge in [-0.05, 0) is 20.8 Å². The van der Waals surface area contributed by atoms with Gasteiger partial charge in [-0.3, -0.25) is 0 Å². The molecular formula is C9H24K3O10P. The van der Waals surface area contributed by atoms with E-state index in [9.17, 15) is 0 Å². The zero-order valence-electron chi connectivity index (χ0n) is 14.6. The predicted molar refractivity (Wildman–Crippen MR) is 63.9 cm³/mol. The topological polar surface area (TPSA) is 208 Å². The van der Waals surface area contributed by atoms with Crippen LogP contribution in [0.3, 0.4) is 0 Å². The summed E-state index contributed by atoms with van der Waals surface area (Å²) in [6.07, 6.45) is -1.68. The molecule has 0 spiro atoms. The van der Waals surface area contributed by atoms with E-state index in [0.717, 1.165) is 0 Å². The molecule has 0 aromatic carbocycles. The molecule has 3 unspecified atom stereocenters. The minimum atomic E-state index is -5.39. The number of phosphoric acid groups is 1. The smallest absolute Gasteiger partial charge is 0.822 e. The van der Waals surface area contributed by atoms with E-state index in [1.807, 2.05) is 0 Å². The summed E-state index contributed by atoms with van der Waals surface area (Å²) in [6, 6.07) is 0. The number of hydrogen-bond donors (Lipinski definition) is 6. The Morgan fingerprint density at radius 1 is 0.696 bits per heavy atom. The third kappa shape index (κ3) is 142. The van der Waals surface area contributed by atoms with Gasteiger partial charge in [-0.25, -0.2) is 0 Å². The van der Waals surface area contributed by atoms with Gasteiger partial charge in [0.2, 0.25) is 0 Å². The Bertz CT molecular complexity index is 188. The summed E-state index contributed by atoms with van der Waals surface area (Å²) in [5, 5.41) is 48.0. The Morgan fingerprint density at radius 3 is 0.739 bits per heavy atom. The zero-order valence-corrected chi connectivity index (χ0v) is 24.9. The number of aliphatic hydroxyl groups excluding tert-OH is 6. The molecule has 10 nitrogen and oxygen atoms in total. The fraction of sp³-hybridized carbons (Fsp3) is 1.00. The van der Waals surface area contributed by atoms with Crippen LogP contribution in [-0.2, 0) is 4.57 Å². The molecule has 0 amide bonds. The molecule has 0 bridgehead atoms. The molecule has 0 aliphatic carbocycles. The van der Waals surface area contributed by atoms with Gasteiger partial charge < -0.3 is 49.9 Å². The summed E-state index contributed by atoms with van der Waals surface area (Å²) in [5.74, 6) is 0. The van der Waals surface area contributed by atoms with Gasteiger partial charge in [0.25, 0.3) is 0 Å². The Labute approximate surface area is 264 Å². The summed E-state index contributed by atoms with van der Waals surface area (Å²) in [5.41, 5.74) is 0. The number of aliphatic hydroxyl groups is 6. The van der Waals surface area contributed by atoms with Crippen LogP contribution in [0, 0.1) is 0 Å². The predicted octanol–water partition coefficient (Wildman–Crippen LogP) is -13.7. The number of rotatable bonds is 3. The Hall–Kier alpha value is 4.78. The fourth-order valence-corrected chi connectivity index (χ4v) is 0. The van der Waals surface area contributed by atoms with Gasteiger partial charge in [-0.15, -0.1) is 0 Å². The Morgan fingerprint density at radius 2 is 0.739 bits per heavy atom. The molecule has 0 aliphatic heterocycles. The van der Waals surface area contributed by atoms with Crippen molar-refractivity contribution in [1.82, 2.24) is 0 Å². The summed E-state index contributed by atoms with van der Waals surface area (Å²) in [7, 11) is -5.39. The van der Waals surface area contributed by atoms with Crippen molar-refractivity contribution >= 4 is 7.82 Å². The zero-order chi connectivity index (χ0) is 17.4. The van der Waals surface area contributed by atoms with Crippen LogP contribution in [-0.4, -0.2) is 68.8 Å². The van der Waals surface area contributed by atoms with Crippen molar-refractivity contribution in [3.8, 4) is 0 Å². The first-order valence-corrected chi connectivity index (χ1v) is 6.87. The van der Waals surface area contributed by atoms with Crippen LogP contribution in [0.4, 0.5) is 0 Å². The molecule has 3 atom stereocenters. The van der Waals surface area contributed by atoms with E-state index in [0.29, 0.717) is 0 Å². The minimum Gasteiger partial charge on any atom is -0.822 e. The molecule has 128 valence electrons. The van der Waals surface area contributed by atoms with Crippen molar-refractivity contribution < 1.29 is 204 Å². The molecule has 0 rings (SSSR count). The fourth-order valence-electron chi connectivity index (χ4n) is 0. The second kappa shape index (κ2) is 34.3. The average molecular weight is 441 g/mol. The SMILES string of the molecule is CC(O)CO.CC(O)CO.CC(O)CO.O=P([O-])([O-])[O-].[K+].[K+].[K+]. The van der Waals surface area contributed by atoms with E-state index < -0.39 is 26.1 Å². The maximum atomic E-state index is 8.55. The summed E-state index contributed by atoms with van der Waals surface area (Å²) in [6.45, 7) is 4.17. The van der Waals surface area contributed by atoms with E-state index >= 15 is 0 Å². The van der Waals surface area contributed by atoms with Crippen molar-refractivity contribution in [2.24, 2.45) is 0 Å². The third-order valence-electron chi connectivity index (χ3n) is 0.793. The van der Waals surface area contributed by atoms with Crippen LogP contribution in [0.2, 0.25) is 0 Å². The first kappa shape index (κ1) is 46.1. The van der Waals surface area contributed by atoms with E-state index in [1.165, 1.54) is 20.8 Å². The monoisotopic (exact) mass is 440 g/mol. The Kier molecular flexibility index (Phi) is 68.8. The van der Waals surface area contributed by atoms with E-state index in [-0.39, 0.29) is 174 Å². The Balaban J connectivity index is -0.0000000284. The molecule has 14 heteroatoms. The molecule has 0 heterocycles. The molecule has 0 aliphatic rings. The molecule has 6 N–H and O–H groups in total. The van der Waals surface area contributed by atoms with Gasteiger partial charge in [0.15, 0.2) is 0 Å². The van der Waals surface area contributed by atoms with Crippen LogP contribution < -0.4 is 169 Å². The van der Waals surface area contributed by atoms with Gasteiger partial charge in [-0.1, -0.05) is 0 Å². The quantitative estimate of drug-likeness (QED) is 0.180. The van der Waals surface area contributed by atoms with Crippen molar-refractivity contribution in [3.63, 3.8) is 0 Å². The summed E-state index contributed by atoms with van der Waals surface area (Å²) >= 11 is 0. The first-order chi connectivity index (χ1) is 8.81. The largest absolute Gasteiger partial charge is 1.00 e. The standard InChI is InChI=1S/3C3H8O2.3K.H3O4P/c3*1-3(5)2-4;;;;1-5(2,3)4/h3*3-5H,2H2,1H3;;;;(H3,1,2,3,4)/q;;;3*+1;/p-3. The first-order valence-electron chi connectivity index (χ1n) is 5.41. The molecule has 0 saturated heterocycles. The molecule has 0 radical (unpaired) electrons. The average Bonchev–Trinajstić information content (AvgIpc) is 2.28. The van der Waals surface area contributed by atoms with Gasteiger partial charge >= 0.3 is 154 Å². The van der Waals surface area contributed by atoms with Crippen LogP contribution >= 0.6 is 7.82 Å². The second-order valence-corrected chi connectivity index (χ2v) is 4.44. The van der Waals surface area contributed by atoms with Crippen molar-refractivity contribution in [3.05, 3.63) is 0 Å². The van der Waals surface area contributed by atoms with Crippen LogP contribution in [0.15, 0.2) is 0 Å².